The molecule has 21 heavy (non-hydrogen) atoms. The fourth-order valence-corrected chi connectivity index (χ4v) is 1.77. The molecular formula is C15H17N3O3. The number of aromatic nitrogens is 2. The minimum absolute atomic E-state index is 0.0918. The highest BCUT2D eigenvalue weighted by Gasteiger charge is 2.12. The molecule has 6 nitrogen and oxygen atoms in total. The number of aromatic amines is 1. The van der Waals surface area contributed by atoms with Gasteiger partial charge in [-0.2, -0.15) is 0 Å². The van der Waals surface area contributed by atoms with Gasteiger partial charge in [-0.3, -0.25) is 14.6 Å². The third-order valence-electron chi connectivity index (χ3n) is 2.82. The van der Waals surface area contributed by atoms with Gasteiger partial charge in [-0.1, -0.05) is 0 Å². The van der Waals surface area contributed by atoms with Crippen LogP contribution >= 0.6 is 0 Å². The first-order chi connectivity index (χ1) is 10.1. The molecule has 110 valence electrons. The largest absolute Gasteiger partial charge is 0.487 e. The second kappa shape index (κ2) is 6.69. The maximum absolute atomic E-state index is 11.9. The molecule has 1 atom stereocenters. The normalized spacial score (nSPS) is 11.7. The van der Waals surface area contributed by atoms with E-state index in [1.807, 2.05) is 6.92 Å². The number of nitrogens with zero attached hydrogens (tertiary/aromatic N) is 1. The Labute approximate surface area is 122 Å². The van der Waals surface area contributed by atoms with Crippen LogP contribution in [0.4, 0.5) is 0 Å². The van der Waals surface area contributed by atoms with E-state index in [-0.39, 0.29) is 11.7 Å². The summed E-state index contributed by atoms with van der Waals surface area (Å²) in [4.78, 5) is 30.1. The number of pyridine rings is 2. The summed E-state index contributed by atoms with van der Waals surface area (Å²) in [6.07, 6.45) is 3.02. The number of hydrogen-bond donors (Lipinski definition) is 2. The molecule has 2 heterocycles. The molecule has 2 aromatic heterocycles. The first-order valence-corrected chi connectivity index (χ1v) is 6.61. The smallest absolute Gasteiger partial charge is 0.260 e. The SMILES string of the molecule is Cc1ccc(C(=O)NC[C@@H](C)Oc2cccnc2)c(=O)[nH]1. The molecule has 0 radical (unpaired) electrons. The third kappa shape index (κ3) is 4.17. The fraction of sp³-hybridized carbons (Fsp3) is 0.267. The van der Waals surface area contributed by atoms with Crippen LogP contribution in [-0.4, -0.2) is 28.5 Å². The molecule has 0 aliphatic heterocycles. The fourth-order valence-electron chi connectivity index (χ4n) is 1.77. The molecular weight excluding hydrogens is 270 g/mol. The average molecular weight is 287 g/mol. The minimum Gasteiger partial charge on any atom is -0.487 e. The van der Waals surface area contributed by atoms with Crippen molar-refractivity contribution in [3.8, 4) is 5.75 Å². The number of hydrogen-bond acceptors (Lipinski definition) is 4. The van der Waals surface area contributed by atoms with Crippen LogP contribution in [-0.2, 0) is 0 Å². The number of H-pyrrole nitrogens is 1. The van der Waals surface area contributed by atoms with Crippen molar-refractivity contribution in [2.45, 2.75) is 20.0 Å². The summed E-state index contributed by atoms with van der Waals surface area (Å²) in [7, 11) is 0. The van der Waals surface area contributed by atoms with Crippen molar-refractivity contribution in [3.63, 3.8) is 0 Å². The second-order valence-electron chi connectivity index (χ2n) is 4.71. The summed E-state index contributed by atoms with van der Waals surface area (Å²) in [5.41, 5.74) is 0.410. The summed E-state index contributed by atoms with van der Waals surface area (Å²) in [5.74, 6) is 0.213. The van der Waals surface area contributed by atoms with Crippen molar-refractivity contribution in [3.05, 3.63) is 58.3 Å². The van der Waals surface area contributed by atoms with E-state index in [0.717, 1.165) is 0 Å². The Hall–Kier alpha value is -2.63. The summed E-state index contributed by atoms with van der Waals surface area (Å²) >= 11 is 0. The van der Waals surface area contributed by atoms with Crippen molar-refractivity contribution in [2.24, 2.45) is 0 Å². The third-order valence-corrected chi connectivity index (χ3v) is 2.82. The molecule has 1 amide bonds. The molecule has 0 saturated carbocycles. The summed E-state index contributed by atoms with van der Waals surface area (Å²) in [6, 6.07) is 6.75. The van der Waals surface area contributed by atoms with Gasteiger partial charge >= 0.3 is 0 Å². The van der Waals surface area contributed by atoms with Gasteiger partial charge < -0.3 is 15.0 Å². The van der Waals surface area contributed by atoms with Crippen molar-refractivity contribution < 1.29 is 9.53 Å². The standard InChI is InChI=1S/C15H17N3O3/c1-10-5-6-13(15(20)18-10)14(19)17-8-11(2)21-12-4-3-7-16-9-12/h3-7,9,11H,8H2,1-2H3,(H,17,19)(H,18,20)/t11-/m1/s1. The van der Waals surface area contributed by atoms with Gasteiger partial charge in [-0.05, 0) is 38.1 Å². The van der Waals surface area contributed by atoms with E-state index in [0.29, 0.717) is 18.0 Å². The zero-order valence-corrected chi connectivity index (χ0v) is 11.9. The zero-order chi connectivity index (χ0) is 15.2. The number of aryl methyl sites for hydroxylation is 1. The highest BCUT2D eigenvalue weighted by Crippen LogP contribution is 2.08. The lowest BCUT2D eigenvalue weighted by atomic mass is 10.2. The molecule has 0 aliphatic carbocycles. The van der Waals surface area contributed by atoms with Crippen LogP contribution in [0.15, 0.2) is 41.5 Å². The van der Waals surface area contributed by atoms with Gasteiger partial charge in [0, 0.05) is 11.9 Å². The summed E-state index contributed by atoms with van der Waals surface area (Å²) in [6.45, 7) is 3.88. The van der Waals surface area contributed by atoms with E-state index in [4.69, 9.17) is 4.74 Å². The number of carbonyl (C=O) groups excluding carboxylic acids is 1. The van der Waals surface area contributed by atoms with Crippen LogP contribution in [0.25, 0.3) is 0 Å². The average Bonchev–Trinajstić information content (AvgIpc) is 2.46. The Morgan fingerprint density at radius 1 is 1.43 bits per heavy atom. The predicted molar refractivity (Wildman–Crippen MR) is 78.5 cm³/mol. The molecule has 0 bridgehead atoms. The Morgan fingerprint density at radius 2 is 2.24 bits per heavy atom. The Bertz CT molecular complexity index is 667. The van der Waals surface area contributed by atoms with Crippen LogP contribution < -0.4 is 15.6 Å². The topological polar surface area (TPSA) is 84.1 Å². The summed E-state index contributed by atoms with van der Waals surface area (Å²) in [5, 5.41) is 2.67. The van der Waals surface area contributed by atoms with Crippen LogP contribution in [0.1, 0.15) is 23.0 Å². The maximum atomic E-state index is 11.9. The van der Waals surface area contributed by atoms with E-state index >= 15 is 0 Å². The van der Waals surface area contributed by atoms with Crippen molar-refractivity contribution in [1.29, 1.82) is 0 Å². The van der Waals surface area contributed by atoms with Crippen molar-refractivity contribution in [2.75, 3.05) is 6.54 Å². The molecule has 2 N–H and O–H groups in total. The number of nitrogens with one attached hydrogen (secondary N) is 2. The quantitative estimate of drug-likeness (QED) is 0.867. The Morgan fingerprint density at radius 3 is 2.90 bits per heavy atom. The van der Waals surface area contributed by atoms with E-state index in [2.05, 4.69) is 15.3 Å². The molecule has 0 unspecified atom stereocenters. The number of amides is 1. The highest BCUT2D eigenvalue weighted by atomic mass is 16.5. The summed E-state index contributed by atoms with van der Waals surface area (Å²) < 4.78 is 5.59. The first kappa shape index (κ1) is 14.8. The van der Waals surface area contributed by atoms with E-state index in [1.165, 1.54) is 6.07 Å². The monoisotopic (exact) mass is 287 g/mol. The minimum atomic E-state index is -0.419. The number of carbonyl (C=O) groups is 1. The van der Waals surface area contributed by atoms with E-state index in [9.17, 15) is 9.59 Å². The van der Waals surface area contributed by atoms with E-state index < -0.39 is 11.5 Å². The molecule has 0 saturated heterocycles. The highest BCUT2D eigenvalue weighted by molar-refractivity contribution is 5.93. The second-order valence-corrected chi connectivity index (χ2v) is 4.71. The molecule has 2 aromatic rings. The van der Waals surface area contributed by atoms with Gasteiger partial charge in [0.1, 0.15) is 17.4 Å². The van der Waals surface area contributed by atoms with Gasteiger partial charge in [0.25, 0.3) is 11.5 Å². The van der Waals surface area contributed by atoms with E-state index in [1.54, 1.807) is 37.5 Å². The van der Waals surface area contributed by atoms with Crippen molar-refractivity contribution >= 4 is 5.91 Å². The van der Waals surface area contributed by atoms with Gasteiger partial charge in [0.2, 0.25) is 0 Å². The molecule has 0 spiro atoms. The molecule has 6 heteroatoms. The molecule has 0 aliphatic rings. The predicted octanol–water partition coefficient (Wildman–Crippen LogP) is 1.28. The van der Waals surface area contributed by atoms with Crippen molar-refractivity contribution in [1.82, 2.24) is 15.3 Å². The Balaban J connectivity index is 1.90. The van der Waals surface area contributed by atoms with Crippen LogP contribution in [0.5, 0.6) is 5.75 Å². The van der Waals surface area contributed by atoms with Crippen LogP contribution in [0.2, 0.25) is 0 Å². The molecule has 2 rings (SSSR count). The number of ether oxygens (including phenoxy) is 1. The van der Waals surface area contributed by atoms with Crippen LogP contribution in [0, 0.1) is 6.92 Å². The first-order valence-electron chi connectivity index (χ1n) is 6.61. The van der Waals surface area contributed by atoms with Gasteiger partial charge in [-0.15, -0.1) is 0 Å². The maximum Gasteiger partial charge on any atom is 0.260 e. The Kier molecular flexibility index (Phi) is 4.71. The number of rotatable bonds is 5. The molecule has 0 aromatic carbocycles. The lowest BCUT2D eigenvalue weighted by molar-refractivity contribution is 0.0930. The van der Waals surface area contributed by atoms with Gasteiger partial charge in [-0.25, -0.2) is 0 Å². The van der Waals surface area contributed by atoms with Crippen LogP contribution in [0.3, 0.4) is 0 Å². The lowest BCUT2D eigenvalue weighted by Crippen LogP contribution is -2.36. The lowest BCUT2D eigenvalue weighted by Gasteiger charge is -2.15. The van der Waals surface area contributed by atoms with Gasteiger partial charge in [0.05, 0.1) is 12.7 Å². The zero-order valence-electron chi connectivity index (χ0n) is 11.9. The molecule has 0 fully saturated rings. The van der Waals surface area contributed by atoms with Gasteiger partial charge in [0.15, 0.2) is 0 Å².